The van der Waals surface area contributed by atoms with E-state index in [0.29, 0.717) is 19.8 Å². The molecule has 0 spiro atoms. The Morgan fingerprint density at radius 1 is 1.29 bits per heavy atom. The molecular weight excluding hydrogens is 284 g/mol. The lowest BCUT2D eigenvalue weighted by molar-refractivity contribution is 0.171. The van der Waals surface area contributed by atoms with Crippen molar-refractivity contribution in [2.24, 2.45) is 5.73 Å². The normalized spacial score (nSPS) is 14.1. The quantitative estimate of drug-likeness (QED) is 0.918. The molecular formula is C12H17BrN2O2. The minimum absolute atomic E-state index is 0.617. The number of benzene rings is 1. The van der Waals surface area contributed by atoms with E-state index in [1.54, 1.807) is 0 Å². The molecule has 2 rings (SSSR count). The Kier molecular flexibility index (Phi) is 4.25. The summed E-state index contributed by atoms with van der Waals surface area (Å²) < 4.78 is 12.1. The van der Waals surface area contributed by atoms with Gasteiger partial charge in [0.25, 0.3) is 0 Å². The van der Waals surface area contributed by atoms with E-state index in [0.717, 1.165) is 29.1 Å². The second kappa shape index (κ2) is 5.71. The van der Waals surface area contributed by atoms with Gasteiger partial charge in [0.1, 0.15) is 13.2 Å². The Balaban J connectivity index is 2.16. The van der Waals surface area contributed by atoms with Crippen LogP contribution in [0.3, 0.4) is 0 Å². The van der Waals surface area contributed by atoms with Crippen LogP contribution >= 0.6 is 15.9 Å². The van der Waals surface area contributed by atoms with Crippen molar-refractivity contribution in [3.63, 3.8) is 0 Å². The summed E-state index contributed by atoms with van der Waals surface area (Å²) in [7, 11) is 2.05. The lowest BCUT2D eigenvalue weighted by atomic mass is 10.2. The molecule has 0 fully saturated rings. The number of nitrogens with zero attached hydrogens (tertiary/aromatic N) is 1. The number of fused-ring (bicyclic) bond motifs is 1. The summed E-state index contributed by atoms with van der Waals surface area (Å²) in [6, 6.07) is 4.01. The molecule has 0 saturated heterocycles. The van der Waals surface area contributed by atoms with Gasteiger partial charge in [-0.1, -0.05) is 15.9 Å². The lowest BCUT2D eigenvalue weighted by Crippen LogP contribution is -2.25. The predicted octanol–water partition coefficient (Wildman–Crippen LogP) is 1.61. The molecule has 0 unspecified atom stereocenters. The molecule has 1 aliphatic heterocycles. The average Bonchev–Trinajstić information content (AvgIpc) is 2.30. The molecule has 1 aromatic carbocycles. The number of hydrogen-bond acceptors (Lipinski definition) is 4. The van der Waals surface area contributed by atoms with E-state index in [9.17, 15) is 0 Å². The van der Waals surface area contributed by atoms with Gasteiger partial charge < -0.3 is 20.1 Å². The second-order valence-electron chi connectivity index (χ2n) is 4.11. The maximum atomic E-state index is 5.57. The fourth-order valence-corrected chi connectivity index (χ4v) is 2.27. The Morgan fingerprint density at radius 2 is 1.94 bits per heavy atom. The van der Waals surface area contributed by atoms with E-state index in [4.69, 9.17) is 15.2 Å². The topological polar surface area (TPSA) is 47.7 Å². The van der Waals surface area contributed by atoms with Gasteiger partial charge in [-0.25, -0.2) is 0 Å². The summed E-state index contributed by atoms with van der Waals surface area (Å²) in [6.07, 6.45) is 0. The van der Waals surface area contributed by atoms with E-state index in [1.807, 2.05) is 12.1 Å². The van der Waals surface area contributed by atoms with Crippen LogP contribution in [0.4, 0.5) is 0 Å². The molecule has 0 bridgehead atoms. The van der Waals surface area contributed by atoms with Crippen LogP contribution in [0.5, 0.6) is 11.5 Å². The van der Waals surface area contributed by atoms with E-state index in [-0.39, 0.29) is 0 Å². The number of nitrogens with two attached hydrogens (primary N) is 1. The molecule has 1 aromatic rings. The Bertz CT molecular complexity index is 398. The molecule has 0 amide bonds. The zero-order valence-corrected chi connectivity index (χ0v) is 11.5. The second-order valence-corrected chi connectivity index (χ2v) is 4.97. The van der Waals surface area contributed by atoms with Gasteiger partial charge in [0, 0.05) is 24.1 Å². The first-order chi connectivity index (χ1) is 8.20. The summed E-state index contributed by atoms with van der Waals surface area (Å²) in [5.74, 6) is 1.64. The van der Waals surface area contributed by atoms with Crippen LogP contribution in [0.1, 0.15) is 5.56 Å². The number of ether oxygens (including phenoxy) is 2. The third-order valence-electron chi connectivity index (χ3n) is 2.66. The number of halogens is 1. The van der Waals surface area contributed by atoms with Crippen LogP contribution in [-0.4, -0.2) is 38.3 Å². The van der Waals surface area contributed by atoms with Crippen molar-refractivity contribution >= 4 is 15.9 Å². The lowest BCUT2D eigenvalue weighted by Gasteiger charge is -2.22. The van der Waals surface area contributed by atoms with Crippen molar-refractivity contribution in [2.75, 3.05) is 33.4 Å². The van der Waals surface area contributed by atoms with Crippen LogP contribution < -0.4 is 15.2 Å². The molecule has 1 aliphatic rings. The average molecular weight is 301 g/mol. The highest BCUT2D eigenvalue weighted by Crippen LogP contribution is 2.35. The largest absolute Gasteiger partial charge is 0.486 e. The van der Waals surface area contributed by atoms with Gasteiger partial charge in [-0.2, -0.15) is 0 Å². The minimum Gasteiger partial charge on any atom is -0.486 e. The van der Waals surface area contributed by atoms with Gasteiger partial charge in [-0.05, 0) is 24.7 Å². The number of rotatable bonds is 4. The van der Waals surface area contributed by atoms with Crippen LogP contribution in [0.25, 0.3) is 0 Å². The number of likely N-dealkylation sites (N-methyl/N-ethyl adjacent to an activating group) is 1. The Hall–Kier alpha value is -0.780. The van der Waals surface area contributed by atoms with Crippen LogP contribution in [0, 0.1) is 0 Å². The van der Waals surface area contributed by atoms with Crippen molar-refractivity contribution in [3.05, 3.63) is 22.2 Å². The summed E-state index contributed by atoms with van der Waals surface area (Å²) >= 11 is 3.56. The van der Waals surface area contributed by atoms with Gasteiger partial charge in [-0.15, -0.1) is 0 Å². The van der Waals surface area contributed by atoms with Gasteiger partial charge >= 0.3 is 0 Å². The van der Waals surface area contributed by atoms with E-state index in [2.05, 4.69) is 27.9 Å². The van der Waals surface area contributed by atoms with Crippen LogP contribution in [0.2, 0.25) is 0 Å². The molecule has 2 N–H and O–H groups in total. The zero-order chi connectivity index (χ0) is 12.3. The minimum atomic E-state index is 0.617. The van der Waals surface area contributed by atoms with Crippen molar-refractivity contribution < 1.29 is 9.47 Å². The predicted molar refractivity (Wildman–Crippen MR) is 70.5 cm³/mol. The zero-order valence-electron chi connectivity index (χ0n) is 9.91. The highest BCUT2D eigenvalue weighted by atomic mass is 79.9. The summed E-state index contributed by atoms with van der Waals surface area (Å²) in [5, 5.41) is 0. The third-order valence-corrected chi connectivity index (χ3v) is 3.40. The first-order valence-electron chi connectivity index (χ1n) is 5.67. The van der Waals surface area contributed by atoms with Gasteiger partial charge in [0.2, 0.25) is 0 Å². The SMILES string of the molecule is CN(CCN)Cc1cc2c(cc1Br)OCCO2. The summed E-state index contributed by atoms with van der Waals surface area (Å²) in [4.78, 5) is 2.18. The summed E-state index contributed by atoms with van der Waals surface area (Å²) in [5.41, 5.74) is 6.72. The smallest absolute Gasteiger partial charge is 0.162 e. The van der Waals surface area contributed by atoms with Crippen molar-refractivity contribution in [1.82, 2.24) is 4.90 Å². The van der Waals surface area contributed by atoms with Crippen molar-refractivity contribution in [3.8, 4) is 11.5 Å². The molecule has 1 heterocycles. The maximum Gasteiger partial charge on any atom is 0.162 e. The molecule has 5 heteroatoms. The van der Waals surface area contributed by atoms with Gasteiger partial charge in [-0.3, -0.25) is 0 Å². The van der Waals surface area contributed by atoms with Crippen LogP contribution in [0.15, 0.2) is 16.6 Å². The molecule has 17 heavy (non-hydrogen) atoms. The molecule has 0 aromatic heterocycles. The highest BCUT2D eigenvalue weighted by molar-refractivity contribution is 9.10. The molecule has 4 nitrogen and oxygen atoms in total. The van der Waals surface area contributed by atoms with Gasteiger partial charge in [0.15, 0.2) is 11.5 Å². The Morgan fingerprint density at radius 3 is 2.59 bits per heavy atom. The summed E-state index contributed by atoms with van der Waals surface area (Å²) in [6.45, 7) is 3.62. The molecule has 0 aliphatic carbocycles. The van der Waals surface area contributed by atoms with E-state index in [1.165, 1.54) is 5.56 Å². The monoisotopic (exact) mass is 300 g/mol. The fourth-order valence-electron chi connectivity index (χ4n) is 1.82. The maximum absolute atomic E-state index is 5.57. The highest BCUT2D eigenvalue weighted by Gasteiger charge is 2.15. The first-order valence-corrected chi connectivity index (χ1v) is 6.46. The van der Waals surface area contributed by atoms with Crippen LogP contribution in [-0.2, 0) is 6.54 Å². The van der Waals surface area contributed by atoms with Crippen molar-refractivity contribution in [2.45, 2.75) is 6.54 Å². The first kappa shape index (κ1) is 12.7. The molecule has 0 atom stereocenters. The van der Waals surface area contributed by atoms with E-state index >= 15 is 0 Å². The number of hydrogen-bond donors (Lipinski definition) is 1. The standard InChI is InChI=1S/C12H17BrN2O2/c1-15(3-2-14)8-9-6-11-12(7-10(9)13)17-5-4-16-11/h6-7H,2-5,8,14H2,1H3. The molecule has 94 valence electrons. The van der Waals surface area contributed by atoms with E-state index < -0.39 is 0 Å². The fraction of sp³-hybridized carbons (Fsp3) is 0.500. The van der Waals surface area contributed by atoms with Crippen molar-refractivity contribution in [1.29, 1.82) is 0 Å². The third kappa shape index (κ3) is 3.12. The Labute approximate surface area is 110 Å². The van der Waals surface area contributed by atoms with Gasteiger partial charge in [0.05, 0.1) is 0 Å². The molecule has 0 radical (unpaired) electrons. The molecule has 0 saturated carbocycles.